The van der Waals surface area contributed by atoms with E-state index in [4.69, 9.17) is 4.74 Å². The van der Waals surface area contributed by atoms with E-state index in [1.165, 1.54) is 17.3 Å². The summed E-state index contributed by atoms with van der Waals surface area (Å²) in [4.78, 5) is 23.0. The van der Waals surface area contributed by atoms with Crippen LogP contribution < -0.4 is 15.0 Å². The van der Waals surface area contributed by atoms with Crippen LogP contribution in [-0.2, 0) is 24.2 Å². The van der Waals surface area contributed by atoms with E-state index in [0.717, 1.165) is 30.6 Å². The maximum Gasteiger partial charge on any atom is 0.265 e. The van der Waals surface area contributed by atoms with E-state index in [2.05, 4.69) is 33.5 Å². The Morgan fingerprint density at radius 2 is 2.06 bits per heavy atom. The van der Waals surface area contributed by atoms with Crippen LogP contribution in [0.4, 0.5) is 10.1 Å². The molecule has 0 spiro atoms. The molecule has 7 heteroatoms. The van der Waals surface area contributed by atoms with Crippen LogP contribution in [0.1, 0.15) is 41.9 Å². The zero-order chi connectivity index (χ0) is 23.1. The first-order valence-corrected chi connectivity index (χ1v) is 11.3. The molecular weight excluding hydrogens is 419 g/mol. The zero-order valence-electron chi connectivity index (χ0n) is 19.1. The molecule has 6 nitrogen and oxygen atoms in total. The fourth-order valence-corrected chi connectivity index (χ4v) is 4.68. The number of hydrogen-bond donors (Lipinski definition) is 1. The average Bonchev–Trinajstić information content (AvgIpc) is 2.79. The molecule has 170 valence electrons. The summed E-state index contributed by atoms with van der Waals surface area (Å²) in [5.41, 5.74) is 6.08. The van der Waals surface area contributed by atoms with Crippen molar-refractivity contribution in [1.29, 1.82) is 0 Å². The fourth-order valence-electron chi connectivity index (χ4n) is 4.68. The smallest absolute Gasteiger partial charge is 0.265 e. The molecule has 1 amide bonds. The van der Waals surface area contributed by atoms with Gasteiger partial charge in [0.2, 0.25) is 0 Å². The Balaban J connectivity index is 1.51. The van der Waals surface area contributed by atoms with Crippen molar-refractivity contribution in [2.45, 2.75) is 46.2 Å². The summed E-state index contributed by atoms with van der Waals surface area (Å²) in [6.07, 6.45) is 2.78. The molecule has 2 aromatic carbocycles. The SMILES string of the molecule is Cc1cc(-c2nc(Cc3ccc4c(c3)CNCC4)ncc2F)cc2c1OCC(=O)N2C(C)C. The van der Waals surface area contributed by atoms with E-state index >= 15 is 0 Å². The van der Waals surface area contributed by atoms with E-state index in [0.29, 0.717) is 29.2 Å². The first-order valence-electron chi connectivity index (χ1n) is 11.3. The number of halogens is 1. The van der Waals surface area contributed by atoms with Crippen LogP contribution in [0.5, 0.6) is 5.75 Å². The molecule has 2 aliphatic heterocycles. The van der Waals surface area contributed by atoms with Crippen LogP contribution in [0.15, 0.2) is 36.5 Å². The number of aromatic nitrogens is 2. The molecule has 3 heterocycles. The number of benzene rings is 2. The first kappa shape index (κ1) is 21.5. The average molecular weight is 447 g/mol. The lowest BCUT2D eigenvalue weighted by molar-refractivity contribution is -0.121. The van der Waals surface area contributed by atoms with E-state index < -0.39 is 5.82 Å². The van der Waals surface area contributed by atoms with Crippen molar-refractivity contribution in [2.24, 2.45) is 0 Å². The summed E-state index contributed by atoms with van der Waals surface area (Å²) in [7, 11) is 0. The van der Waals surface area contributed by atoms with Gasteiger partial charge in [0.05, 0.1) is 11.9 Å². The minimum absolute atomic E-state index is 0.00762. The fraction of sp³-hybridized carbons (Fsp3) is 0.346. The maximum atomic E-state index is 14.9. The predicted octanol–water partition coefficient (Wildman–Crippen LogP) is 3.96. The number of amides is 1. The van der Waals surface area contributed by atoms with Gasteiger partial charge in [-0.05, 0) is 68.1 Å². The predicted molar refractivity (Wildman–Crippen MR) is 125 cm³/mol. The van der Waals surface area contributed by atoms with Gasteiger partial charge in [0.15, 0.2) is 12.4 Å². The standard InChI is InChI=1S/C26H27FN4O2/c1-15(2)31-22-11-19(8-16(3)26(22)33-14-24(31)32)25-21(27)13-29-23(30-25)10-17-4-5-18-6-7-28-12-20(18)9-17/h4-5,8-9,11,13,15,28H,6-7,10,12,14H2,1-3H3. The third kappa shape index (κ3) is 4.09. The summed E-state index contributed by atoms with van der Waals surface area (Å²) in [6, 6.07) is 10.1. The van der Waals surface area contributed by atoms with Gasteiger partial charge < -0.3 is 15.0 Å². The Morgan fingerprint density at radius 3 is 2.88 bits per heavy atom. The molecule has 0 saturated carbocycles. The number of nitrogens with one attached hydrogen (secondary N) is 1. The van der Waals surface area contributed by atoms with Gasteiger partial charge in [-0.1, -0.05) is 18.2 Å². The van der Waals surface area contributed by atoms with Crippen LogP contribution in [0.2, 0.25) is 0 Å². The summed E-state index contributed by atoms with van der Waals surface area (Å²) >= 11 is 0. The molecule has 0 aliphatic carbocycles. The molecule has 3 aromatic rings. The van der Waals surface area contributed by atoms with E-state index in [1.807, 2.05) is 26.8 Å². The monoisotopic (exact) mass is 446 g/mol. The third-order valence-electron chi connectivity index (χ3n) is 6.23. The van der Waals surface area contributed by atoms with Crippen molar-refractivity contribution in [3.63, 3.8) is 0 Å². The number of anilines is 1. The molecule has 1 aromatic heterocycles. The molecule has 0 bridgehead atoms. The second-order valence-electron chi connectivity index (χ2n) is 8.98. The van der Waals surface area contributed by atoms with Gasteiger partial charge in [-0.15, -0.1) is 0 Å². The molecule has 0 radical (unpaired) electrons. The largest absolute Gasteiger partial charge is 0.481 e. The highest BCUT2D eigenvalue weighted by Crippen LogP contribution is 2.40. The van der Waals surface area contributed by atoms with E-state index in [-0.39, 0.29) is 24.2 Å². The van der Waals surface area contributed by atoms with Gasteiger partial charge in [-0.3, -0.25) is 4.79 Å². The van der Waals surface area contributed by atoms with Crippen molar-refractivity contribution in [2.75, 3.05) is 18.1 Å². The Labute approximate surface area is 192 Å². The Bertz CT molecular complexity index is 1240. The number of carbonyl (C=O) groups is 1. The maximum absolute atomic E-state index is 14.9. The molecular formula is C26H27FN4O2. The molecule has 0 atom stereocenters. The van der Waals surface area contributed by atoms with Crippen LogP contribution in [-0.4, -0.2) is 35.1 Å². The Hall–Kier alpha value is -3.32. The number of aryl methyl sites for hydroxylation is 1. The highest BCUT2D eigenvalue weighted by molar-refractivity contribution is 5.99. The molecule has 2 aliphatic rings. The summed E-state index contributed by atoms with van der Waals surface area (Å²) in [5, 5.41) is 3.40. The van der Waals surface area contributed by atoms with E-state index in [1.54, 1.807) is 11.0 Å². The second-order valence-corrected chi connectivity index (χ2v) is 8.98. The molecule has 0 saturated heterocycles. The lowest BCUT2D eigenvalue weighted by Crippen LogP contribution is -2.43. The lowest BCUT2D eigenvalue weighted by atomic mass is 9.97. The van der Waals surface area contributed by atoms with Gasteiger partial charge >= 0.3 is 0 Å². The van der Waals surface area contributed by atoms with Gasteiger partial charge in [0.1, 0.15) is 17.3 Å². The Morgan fingerprint density at radius 1 is 1.21 bits per heavy atom. The number of ether oxygens (including phenoxy) is 1. The van der Waals surface area contributed by atoms with Crippen molar-refractivity contribution < 1.29 is 13.9 Å². The Kier molecular flexibility index (Phi) is 5.58. The summed E-state index contributed by atoms with van der Waals surface area (Å²) < 4.78 is 20.6. The van der Waals surface area contributed by atoms with Crippen LogP contribution >= 0.6 is 0 Å². The van der Waals surface area contributed by atoms with Crippen LogP contribution in [0, 0.1) is 12.7 Å². The first-order chi connectivity index (χ1) is 15.9. The molecule has 1 N–H and O–H groups in total. The third-order valence-corrected chi connectivity index (χ3v) is 6.23. The highest BCUT2D eigenvalue weighted by atomic mass is 19.1. The van der Waals surface area contributed by atoms with Crippen molar-refractivity contribution in [1.82, 2.24) is 15.3 Å². The minimum atomic E-state index is -0.494. The van der Waals surface area contributed by atoms with Gasteiger partial charge in [0.25, 0.3) is 5.91 Å². The van der Waals surface area contributed by atoms with Gasteiger partial charge in [0, 0.05) is 24.6 Å². The molecule has 5 rings (SSSR count). The van der Waals surface area contributed by atoms with Gasteiger partial charge in [-0.25, -0.2) is 14.4 Å². The topological polar surface area (TPSA) is 67.4 Å². The zero-order valence-corrected chi connectivity index (χ0v) is 19.1. The number of carbonyl (C=O) groups excluding carboxylic acids is 1. The van der Waals surface area contributed by atoms with Crippen LogP contribution in [0.3, 0.4) is 0 Å². The summed E-state index contributed by atoms with van der Waals surface area (Å²) in [5.74, 6) is 0.606. The molecule has 33 heavy (non-hydrogen) atoms. The molecule has 0 unspecified atom stereocenters. The van der Waals surface area contributed by atoms with Crippen molar-refractivity contribution in [3.05, 3.63) is 70.4 Å². The van der Waals surface area contributed by atoms with Crippen molar-refractivity contribution >= 4 is 11.6 Å². The highest BCUT2D eigenvalue weighted by Gasteiger charge is 2.30. The normalized spacial score (nSPS) is 15.3. The lowest BCUT2D eigenvalue weighted by Gasteiger charge is -2.33. The number of rotatable bonds is 4. The number of fused-ring (bicyclic) bond motifs is 2. The van der Waals surface area contributed by atoms with Gasteiger partial charge in [-0.2, -0.15) is 0 Å². The minimum Gasteiger partial charge on any atom is -0.481 e. The summed E-state index contributed by atoms with van der Waals surface area (Å²) in [6.45, 7) is 7.67. The number of hydrogen-bond acceptors (Lipinski definition) is 5. The number of nitrogens with zero attached hydrogens (tertiary/aromatic N) is 3. The van der Waals surface area contributed by atoms with E-state index in [9.17, 15) is 9.18 Å². The molecule has 0 fully saturated rings. The van der Waals surface area contributed by atoms with Crippen molar-refractivity contribution in [3.8, 4) is 17.0 Å². The quantitative estimate of drug-likeness (QED) is 0.657. The second kappa shape index (κ2) is 8.56. The van der Waals surface area contributed by atoms with Crippen LogP contribution in [0.25, 0.3) is 11.3 Å².